The number of ether oxygens (including phenoxy) is 1. The van der Waals surface area contributed by atoms with Gasteiger partial charge in [0.2, 0.25) is 0 Å². The van der Waals surface area contributed by atoms with Gasteiger partial charge < -0.3 is 23.7 Å². The van der Waals surface area contributed by atoms with E-state index in [-0.39, 0.29) is 60.6 Å². The van der Waals surface area contributed by atoms with Crippen molar-refractivity contribution in [1.29, 1.82) is 0 Å². The van der Waals surface area contributed by atoms with Crippen LogP contribution < -0.4 is 30.9 Å². The van der Waals surface area contributed by atoms with E-state index in [1.165, 1.54) is 7.11 Å². The number of hydrogen-bond acceptors (Lipinski definition) is 3. The van der Waals surface area contributed by atoms with E-state index >= 15 is 0 Å². The number of anilines is 6. The van der Waals surface area contributed by atoms with E-state index in [4.69, 9.17) is 10.2 Å². The minimum Gasteiger partial charge on any atom is -0.497 e. The molecule has 0 atom stereocenters. The van der Waals surface area contributed by atoms with Gasteiger partial charge in [0, 0.05) is 78.3 Å². The van der Waals surface area contributed by atoms with Crippen molar-refractivity contribution < 1.29 is 33.5 Å². The van der Waals surface area contributed by atoms with E-state index in [1.807, 2.05) is 164 Å². The second-order valence-corrected chi connectivity index (χ2v) is 28.0. The monoisotopic (exact) mass is 1270 g/mol. The molecule has 17 rings (SSSR count). The molecule has 470 valence electrons. The summed E-state index contributed by atoms with van der Waals surface area (Å²) in [7, 11) is 1.31. The molecule has 0 spiro atoms. The minimum atomic E-state index is -1.56. The summed E-state index contributed by atoms with van der Waals surface area (Å²) in [5, 5.41) is -1.32. The van der Waals surface area contributed by atoms with Crippen molar-refractivity contribution in [3.8, 4) is 61.6 Å². The van der Waals surface area contributed by atoms with Crippen LogP contribution in [0.5, 0.6) is 5.75 Å². The Labute approximate surface area is 599 Å². The number of aromatic nitrogens is 2. The van der Waals surface area contributed by atoms with Crippen molar-refractivity contribution in [1.82, 2.24) is 9.13 Å². The van der Waals surface area contributed by atoms with Gasteiger partial charge >= 0.3 is 0 Å². The van der Waals surface area contributed by atoms with Crippen LogP contribution in [0.1, 0.15) is 108 Å². The van der Waals surface area contributed by atoms with Gasteiger partial charge in [0.15, 0.2) is 0 Å². The van der Waals surface area contributed by atoms with Crippen LogP contribution in [0.15, 0.2) is 285 Å². The van der Waals surface area contributed by atoms with E-state index in [2.05, 4.69) is 65.8 Å². The molecule has 4 heterocycles. The van der Waals surface area contributed by atoms with Crippen LogP contribution in [-0.2, 0) is 16.2 Å². The van der Waals surface area contributed by atoms with Gasteiger partial charge in [0.1, 0.15) is 5.75 Å². The smallest absolute Gasteiger partial charge is 0.256 e. The Hall–Kier alpha value is -11.1. The first kappa shape index (κ1) is 41.0. The molecule has 2 aliphatic heterocycles. The van der Waals surface area contributed by atoms with E-state index in [9.17, 15) is 23.3 Å². The van der Waals surface area contributed by atoms with Crippen LogP contribution in [0.4, 0.5) is 34.1 Å². The van der Waals surface area contributed by atoms with Crippen molar-refractivity contribution in [2.75, 3.05) is 16.9 Å². The summed E-state index contributed by atoms with van der Waals surface area (Å²) in [5.41, 5.74) is 4.84. The van der Waals surface area contributed by atoms with E-state index in [0.717, 1.165) is 20.3 Å². The van der Waals surface area contributed by atoms with E-state index in [1.54, 1.807) is 0 Å². The molecule has 0 saturated heterocycles. The second-order valence-electron chi connectivity index (χ2n) is 28.0. The van der Waals surface area contributed by atoms with Crippen LogP contribution in [-0.4, -0.2) is 23.0 Å². The van der Waals surface area contributed by atoms with Gasteiger partial charge in [-0.3, -0.25) is 0 Å². The Kier molecular flexibility index (Phi) is 9.53. The fourth-order valence-electron chi connectivity index (χ4n) is 14.2. The molecule has 2 aliphatic rings. The molecule has 13 aromatic carbocycles. The Morgan fingerprint density at radius 1 is 0.340 bits per heavy atom. The highest BCUT2D eigenvalue weighted by atomic mass is 16.5. The van der Waals surface area contributed by atoms with Crippen LogP contribution in [0.2, 0.25) is 0 Å². The maximum atomic E-state index is 11.8. The van der Waals surface area contributed by atoms with Gasteiger partial charge in [-0.2, -0.15) is 0 Å². The molecule has 0 fully saturated rings. The predicted octanol–water partition coefficient (Wildman–Crippen LogP) is 22.5. The number of benzene rings is 13. The molecule has 0 unspecified atom stereocenters. The molecule has 0 radical (unpaired) electrons. The number of hydrogen-bond donors (Lipinski definition) is 0. The lowest BCUT2D eigenvalue weighted by atomic mass is 9.33. The van der Waals surface area contributed by atoms with Crippen LogP contribution in [0.3, 0.4) is 0 Å². The fraction of sp³-hybridized carbons (Fsp3) is 0.143. The summed E-state index contributed by atoms with van der Waals surface area (Å²) < 4.78 is 218. The Morgan fingerprint density at radius 3 is 1.03 bits per heavy atom. The maximum Gasteiger partial charge on any atom is 0.256 e. The molecule has 15 aromatic rings. The SMILES string of the molecule is [2H]c1c([2H])c(-n2c3c([2H])c([2H])c([2H])c([2H])c3c3c([2H])c([2H])c([2H])c([2H])c32)c([2H])c2c1B1c3c(cc(C(C)(C)C)cc3N(c3c(-c4ccccc4)cc(C(C)(C)C)cc3-c3ccccc3)c3c([2H])c(-n4c5c([2H])c([2H])c([2H])c([2H])c5c5c([2H])c([2H])c([2H])c([2H])c54)c([2H])c(OC)c31)N2c1c(-c2ccccc2)cc(C(C)(C)C)cc1-c1ccccc1. The van der Waals surface area contributed by atoms with Gasteiger partial charge in [-0.05, 0) is 150 Å². The minimum absolute atomic E-state index is 0.00306. The first-order chi connectivity index (χ1) is 55.8. The largest absolute Gasteiger partial charge is 0.497 e. The Balaban J connectivity index is 1.18. The van der Waals surface area contributed by atoms with Crippen LogP contribution >= 0.6 is 0 Å². The molecule has 0 amide bonds. The standard InChI is InChI=1S/C91H77BN4O/c1-89(2,3)62-49-71(58-31-15-11-16-32-58)87(72(50-62)59-33-17-12-18-34-59)95-80-55-65(93-76-43-27-23-39-67(76)68-40-24-28-44-77(68)93)47-48-75(80)92-85-81(95)53-64(91(7,8)9)54-82(85)96(88-73(60-35-19-13-20-36-60)51-63(90(4,5)6)52-74(88)61-37-21-14-22-38-61)83-56-66(57-84(97-10)86(83)92)94-78-45-29-25-41-69(78)70-42-26-30-46-79(70)94/h11-57H,1-10H3/i23D,24D,25D,26D,27D,28D,29D,30D,39D,40D,41D,42D,43D,44D,45D,46D,47D,48D,55D,56D,57D. The lowest BCUT2D eigenvalue weighted by Gasteiger charge is -2.47. The van der Waals surface area contributed by atoms with Crippen molar-refractivity contribution in [2.24, 2.45) is 0 Å². The zero-order chi connectivity index (χ0) is 84.5. The lowest BCUT2D eigenvalue weighted by Crippen LogP contribution is -2.62. The molecule has 0 aliphatic carbocycles. The van der Waals surface area contributed by atoms with Crippen molar-refractivity contribution in [2.45, 2.75) is 78.6 Å². The summed E-state index contributed by atoms with van der Waals surface area (Å²) in [5.74, 6) is -0.321. The lowest BCUT2D eigenvalue weighted by molar-refractivity contribution is 0.418. The molecule has 6 heteroatoms. The summed E-state index contributed by atoms with van der Waals surface area (Å²) in [6.07, 6.45) is 0. The molecular formula is C91H77BN4O. The van der Waals surface area contributed by atoms with Crippen LogP contribution in [0, 0.1) is 0 Å². The van der Waals surface area contributed by atoms with E-state index in [0.29, 0.717) is 78.3 Å². The van der Waals surface area contributed by atoms with Gasteiger partial charge in [-0.25, -0.2) is 0 Å². The van der Waals surface area contributed by atoms with Crippen molar-refractivity contribution >= 4 is 101 Å². The first-order valence-electron chi connectivity index (χ1n) is 43.0. The van der Waals surface area contributed by atoms with Gasteiger partial charge in [0.25, 0.3) is 6.71 Å². The Bertz CT molecular complexity index is 6640. The van der Waals surface area contributed by atoms with Crippen molar-refractivity contribution in [3.05, 3.63) is 301 Å². The fourth-order valence-corrected chi connectivity index (χ4v) is 14.2. The third kappa shape index (κ3) is 9.66. The predicted molar refractivity (Wildman–Crippen MR) is 414 cm³/mol. The van der Waals surface area contributed by atoms with Crippen molar-refractivity contribution in [3.63, 3.8) is 0 Å². The normalized spacial score (nSPS) is 16.0. The Morgan fingerprint density at radius 2 is 0.670 bits per heavy atom. The quantitative estimate of drug-likeness (QED) is 0.135. The number of methoxy groups -OCH3 is 1. The number of rotatable bonds is 9. The average Bonchev–Trinajstić information content (AvgIpc) is 0.887. The number of fused-ring (bicyclic) bond motifs is 10. The highest BCUT2D eigenvalue weighted by molar-refractivity contribution is 7.01. The third-order valence-electron chi connectivity index (χ3n) is 19.0. The number of nitrogens with zero attached hydrogens (tertiary/aromatic N) is 4. The highest BCUT2D eigenvalue weighted by Gasteiger charge is 2.48. The summed E-state index contributed by atoms with van der Waals surface area (Å²) in [4.78, 5) is 3.87. The molecule has 0 saturated carbocycles. The average molecular weight is 1270 g/mol. The maximum absolute atomic E-state index is 11.8. The van der Waals surface area contributed by atoms with Gasteiger partial charge in [0.05, 0.1) is 75.0 Å². The van der Waals surface area contributed by atoms with Crippen LogP contribution in [0.25, 0.3) is 99.5 Å². The third-order valence-corrected chi connectivity index (χ3v) is 19.0. The van der Waals surface area contributed by atoms with Gasteiger partial charge in [-0.15, -0.1) is 0 Å². The number of para-hydroxylation sites is 4. The summed E-state index contributed by atoms with van der Waals surface area (Å²) in [6, 6.07) is 36.6. The highest BCUT2D eigenvalue weighted by Crippen LogP contribution is 2.56. The first-order valence-corrected chi connectivity index (χ1v) is 32.5. The second kappa shape index (κ2) is 22.5. The zero-order valence-electron chi connectivity index (χ0n) is 76.3. The molecular weight excluding hydrogens is 1180 g/mol. The molecule has 0 N–H and O–H groups in total. The molecule has 97 heavy (non-hydrogen) atoms. The van der Waals surface area contributed by atoms with Gasteiger partial charge in [-0.1, -0.05) is 262 Å². The molecule has 2 aromatic heterocycles. The summed E-state index contributed by atoms with van der Waals surface area (Å²) >= 11 is 0. The van der Waals surface area contributed by atoms with E-state index < -0.39 is 172 Å². The molecule has 5 nitrogen and oxygen atoms in total. The topological polar surface area (TPSA) is 25.6 Å². The summed E-state index contributed by atoms with van der Waals surface area (Å²) in [6.45, 7) is 17.2. The zero-order valence-corrected chi connectivity index (χ0v) is 55.3. The molecule has 0 bridgehead atoms.